The van der Waals surface area contributed by atoms with Gasteiger partial charge >= 0.3 is 0 Å². The Bertz CT molecular complexity index is 482. The molecular formula is C13H14BrNO2. The third-order valence-corrected chi connectivity index (χ3v) is 3.20. The average molecular weight is 296 g/mol. The molecule has 3 nitrogen and oxygen atoms in total. The quantitative estimate of drug-likeness (QED) is 0.917. The van der Waals surface area contributed by atoms with Gasteiger partial charge in [0, 0.05) is 11.3 Å². The topological polar surface area (TPSA) is 34.4 Å². The number of nitrogens with one attached hydrogen (secondary N) is 1. The molecule has 2 aromatic rings. The van der Waals surface area contributed by atoms with Gasteiger partial charge in [-0.15, -0.1) is 0 Å². The Morgan fingerprint density at radius 2 is 2.18 bits per heavy atom. The molecule has 17 heavy (non-hydrogen) atoms. The fourth-order valence-corrected chi connectivity index (χ4v) is 2.15. The molecule has 1 aromatic heterocycles. The summed E-state index contributed by atoms with van der Waals surface area (Å²) in [6, 6.07) is 8.06. The van der Waals surface area contributed by atoms with Gasteiger partial charge in [0.25, 0.3) is 0 Å². The Labute approximate surface area is 109 Å². The van der Waals surface area contributed by atoms with Crippen LogP contribution in [0.4, 0.5) is 5.69 Å². The van der Waals surface area contributed by atoms with Crippen molar-refractivity contribution in [2.45, 2.75) is 13.0 Å². The average Bonchev–Trinajstić information content (AvgIpc) is 2.82. The van der Waals surface area contributed by atoms with E-state index >= 15 is 0 Å². The highest BCUT2D eigenvalue weighted by atomic mass is 79.9. The molecule has 0 saturated carbocycles. The van der Waals surface area contributed by atoms with E-state index in [2.05, 4.69) is 28.2 Å². The number of hydrogen-bond donors (Lipinski definition) is 1. The highest BCUT2D eigenvalue weighted by Gasteiger charge is 2.07. The van der Waals surface area contributed by atoms with Crippen molar-refractivity contribution < 1.29 is 9.15 Å². The van der Waals surface area contributed by atoms with Gasteiger partial charge in [-0.3, -0.25) is 0 Å². The molecule has 1 atom stereocenters. The van der Waals surface area contributed by atoms with Crippen LogP contribution in [0.15, 0.2) is 45.7 Å². The van der Waals surface area contributed by atoms with Gasteiger partial charge in [0.05, 0.1) is 30.2 Å². The Hall–Kier alpha value is -1.42. The predicted octanol–water partition coefficient (Wildman–Crippen LogP) is 4.22. The standard InChI is InChI=1S/C13H14BrNO2/c1-9(10-5-6-17-8-10)15-11-3-4-13(16-2)12(14)7-11/h3-9,15H,1-2H3. The lowest BCUT2D eigenvalue weighted by atomic mass is 10.1. The van der Waals surface area contributed by atoms with Crippen molar-refractivity contribution in [1.29, 1.82) is 0 Å². The first-order valence-electron chi connectivity index (χ1n) is 5.33. The largest absolute Gasteiger partial charge is 0.496 e. The summed E-state index contributed by atoms with van der Waals surface area (Å²) in [5.41, 5.74) is 2.16. The maximum Gasteiger partial charge on any atom is 0.133 e. The number of benzene rings is 1. The van der Waals surface area contributed by atoms with Crippen LogP contribution in [-0.2, 0) is 0 Å². The molecule has 1 unspecified atom stereocenters. The van der Waals surface area contributed by atoms with Crippen molar-refractivity contribution in [3.05, 3.63) is 46.8 Å². The van der Waals surface area contributed by atoms with E-state index in [-0.39, 0.29) is 6.04 Å². The molecule has 0 saturated heterocycles. The summed E-state index contributed by atoms with van der Waals surface area (Å²) in [4.78, 5) is 0. The van der Waals surface area contributed by atoms with Crippen LogP contribution in [0.5, 0.6) is 5.75 Å². The van der Waals surface area contributed by atoms with Crippen molar-refractivity contribution in [3.8, 4) is 5.75 Å². The van der Waals surface area contributed by atoms with E-state index in [4.69, 9.17) is 9.15 Å². The molecule has 1 N–H and O–H groups in total. The molecule has 0 fully saturated rings. The second-order valence-corrected chi connectivity index (χ2v) is 4.63. The molecule has 0 aliphatic rings. The van der Waals surface area contributed by atoms with E-state index in [9.17, 15) is 0 Å². The van der Waals surface area contributed by atoms with Crippen molar-refractivity contribution in [2.24, 2.45) is 0 Å². The number of rotatable bonds is 4. The van der Waals surface area contributed by atoms with Crippen LogP contribution in [0.2, 0.25) is 0 Å². The molecule has 0 radical (unpaired) electrons. The number of methoxy groups -OCH3 is 1. The van der Waals surface area contributed by atoms with Crippen LogP contribution >= 0.6 is 15.9 Å². The van der Waals surface area contributed by atoms with Gasteiger partial charge in [-0.2, -0.15) is 0 Å². The highest BCUT2D eigenvalue weighted by molar-refractivity contribution is 9.10. The minimum atomic E-state index is 0.203. The molecule has 0 bridgehead atoms. The van der Waals surface area contributed by atoms with Crippen molar-refractivity contribution in [2.75, 3.05) is 12.4 Å². The van der Waals surface area contributed by atoms with Gasteiger partial charge in [0.1, 0.15) is 5.75 Å². The Morgan fingerprint density at radius 1 is 1.35 bits per heavy atom. The predicted molar refractivity (Wildman–Crippen MR) is 71.4 cm³/mol. The molecule has 2 rings (SSSR count). The molecule has 90 valence electrons. The minimum absolute atomic E-state index is 0.203. The SMILES string of the molecule is COc1ccc(NC(C)c2ccoc2)cc1Br. The number of hydrogen-bond acceptors (Lipinski definition) is 3. The Kier molecular flexibility index (Phi) is 3.74. The van der Waals surface area contributed by atoms with Gasteiger partial charge in [-0.1, -0.05) is 0 Å². The molecule has 0 spiro atoms. The van der Waals surface area contributed by atoms with Crippen LogP contribution in [0.25, 0.3) is 0 Å². The van der Waals surface area contributed by atoms with E-state index in [1.165, 1.54) is 0 Å². The monoisotopic (exact) mass is 295 g/mol. The summed E-state index contributed by atoms with van der Waals surface area (Å²) in [6.45, 7) is 2.09. The van der Waals surface area contributed by atoms with E-state index in [0.29, 0.717) is 0 Å². The lowest BCUT2D eigenvalue weighted by Crippen LogP contribution is -2.05. The normalized spacial score (nSPS) is 12.2. The zero-order chi connectivity index (χ0) is 12.3. The fourth-order valence-electron chi connectivity index (χ4n) is 1.61. The summed E-state index contributed by atoms with van der Waals surface area (Å²) in [5, 5.41) is 3.39. The van der Waals surface area contributed by atoms with E-state index in [0.717, 1.165) is 21.5 Å². The molecular weight excluding hydrogens is 282 g/mol. The van der Waals surface area contributed by atoms with Gasteiger partial charge in [-0.25, -0.2) is 0 Å². The Morgan fingerprint density at radius 3 is 2.76 bits per heavy atom. The van der Waals surface area contributed by atoms with E-state index < -0.39 is 0 Å². The fraction of sp³-hybridized carbons (Fsp3) is 0.231. The smallest absolute Gasteiger partial charge is 0.133 e. The summed E-state index contributed by atoms with van der Waals surface area (Å²) in [6.07, 6.45) is 3.42. The van der Waals surface area contributed by atoms with Gasteiger partial charge in [0.2, 0.25) is 0 Å². The number of halogens is 1. The molecule has 0 aliphatic heterocycles. The summed E-state index contributed by atoms with van der Waals surface area (Å²) < 4.78 is 11.2. The first-order chi connectivity index (χ1) is 8.20. The number of furan rings is 1. The molecule has 1 heterocycles. The van der Waals surface area contributed by atoms with Crippen LogP contribution in [0.1, 0.15) is 18.5 Å². The van der Waals surface area contributed by atoms with Crippen LogP contribution < -0.4 is 10.1 Å². The first-order valence-corrected chi connectivity index (χ1v) is 6.12. The number of ether oxygens (including phenoxy) is 1. The van der Waals surface area contributed by atoms with Crippen molar-refractivity contribution in [3.63, 3.8) is 0 Å². The zero-order valence-corrected chi connectivity index (χ0v) is 11.3. The summed E-state index contributed by atoms with van der Waals surface area (Å²) >= 11 is 3.46. The summed E-state index contributed by atoms with van der Waals surface area (Å²) in [7, 11) is 1.65. The van der Waals surface area contributed by atoms with E-state index in [1.807, 2.05) is 24.3 Å². The molecule has 0 aliphatic carbocycles. The number of anilines is 1. The van der Waals surface area contributed by atoms with Crippen LogP contribution in [0.3, 0.4) is 0 Å². The zero-order valence-electron chi connectivity index (χ0n) is 9.74. The van der Waals surface area contributed by atoms with Gasteiger partial charge in [-0.05, 0) is 47.1 Å². The summed E-state index contributed by atoms with van der Waals surface area (Å²) in [5.74, 6) is 0.825. The van der Waals surface area contributed by atoms with Gasteiger partial charge < -0.3 is 14.5 Å². The first kappa shape index (κ1) is 12.0. The maximum atomic E-state index is 5.19. The highest BCUT2D eigenvalue weighted by Crippen LogP contribution is 2.29. The Balaban J connectivity index is 2.11. The van der Waals surface area contributed by atoms with Crippen molar-refractivity contribution >= 4 is 21.6 Å². The van der Waals surface area contributed by atoms with Gasteiger partial charge in [0.15, 0.2) is 0 Å². The maximum absolute atomic E-state index is 5.19. The van der Waals surface area contributed by atoms with E-state index in [1.54, 1.807) is 19.6 Å². The lowest BCUT2D eigenvalue weighted by molar-refractivity contribution is 0.412. The third kappa shape index (κ3) is 2.82. The lowest BCUT2D eigenvalue weighted by Gasteiger charge is -2.14. The van der Waals surface area contributed by atoms with Crippen molar-refractivity contribution in [1.82, 2.24) is 0 Å². The third-order valence-electron chi connectivity index (χ3n) is 2.58. The second kappa shape index (κ2) is 5.27. The molecule has 0 amide bonds. The second-order valence-electron chi connectivity index (χ2n) is 3.77. The van der Waals surface area contributed by atoms with Crippen LogP contribution in [-0.4, -0.2) is 7.11 Å². The van der Waals surface area contributed by atoms with Crippen LogP contribution in [0, 0.1) is 0 Å². The molecule has 1 aromatic carbocycles. The molecule has 4 heteroatoms. The minimum Gasteiger partial charge on any atom is -0.496 e.